The maximum atomic E-state index is 5.93. The summed E-state index contributed by atoms with van der Waals surface area (Å²) in [5.74, 6) is 1.71. The first-order chi connectivity index (χ1) is 11.8. The van der Waals surface area contributed by atoms with Gasteiger partial charge in [0.1, 0.15) is 5.82 Å². The molecule has 0 amide bonds. The highest BCUT2D eigenvalue weighted by atomic mass is 16.5. The van der Waals surface area contributed by atoms with E-state index in [1.54, 1.807) is 0 Å². The van der Waals surface area contributed by atoms with Crippen molar-refractivity contribution in [1.29, 1.82) is 0 Å². The number of fused-ring (bicyclic) bond motifs is 1. The van der Waals surface area contributed by atoms with Crippen LogP contribution < -0.4 is 10.6 Å². The molecule has 1 saturated heterocycles. The average Bonchev–Trinajstić information content (AvgIpc) is 2.62. The van der Waals surface area contributed by atoms with Crippen LogP contribution in [0, 0.1) is 0 Å². The second-order valence-corrected chi connectivity index (χ2v) is 6.24. The lowest BCUT2D eigenvalue weighted by molar-refractivity contribution is 0.0330. The van der Waals surface area contributed by atoms with Crippen LogP contribution in [0.4, 0.5) is 11.9 Å². The second-order valence-electron chi connectivity index (χ2n) is 6.24. The Morgan fingerprint density at radius 1 is 1.00 bits per heavy atom. The normalized spacial score (nSPS) is 18.4. The van der Waals surface area contributed by atoms with Crippen molar-refractivity contribution in [2.75, 3.05) is 43.5 Å². The molecule has 7 heteroatoms. The van der Waals surface area contributed by atoms with Gasteiger partial charge in [-0.3, -0.25) is 4.90 Å². The van der Waals surface area contributed by atoms with Crippen LogP contribution in [-0.4, -0.2) is 52.7 Å². The zero-order valence-corrected chi connectivity index (χ0v) is 13.7. The van der Waals surface area contributed by atoms with Gasteiger partial charge in [-0.15, -0.1) is 0 Å². The lowest BCUT2D eigenvalue weighted by atomic mass is 10.0. The highest BCUT2D eigenvalue weighted by Gasteiger charge is 2.20. The first-order valence-electron chi connectivity index (χ1n) is 8.40. The van der Waals surface area contributed by atoms with E-state index in [1.807, 2.05) is 0 Å². The first kappa shape index (κ1) is 15.3. The number of morpholine rings is 1. The third kappa shape index (κ3) is 3.32. The Hall–Kier alpha value is -2.25. The molecule has 126 valence electrons. The largest absolute Gasteiger partial charge is 0.379 e. The number of benzene rings is 1. The van der Waals surface area contributed by atoms with E-state index in [-0.39, 0.29) is 0 Å². The number of rotatable bonds is 3. The van der Waals surface area contributed by atoms with Crippen LogP contribution in [0.3, 0.4) is 0 Å². The van der Waals surface area contributed by atoms with Crippen molar-refractivity contribution in [3.05, 3.63) is 41.2 Å². The third-order valence-electron chi connectivity index (χ3n) is 4.57. The van der Waals surface area contributed by atoms with Crippen LogP contribution in [0.1, 0.15) is 17.0 Å². The molecule has 2 aliphatic heterocycles. The molecule has 7 nitrogen and oxygen atoms in total. The van der Waals surface area contributed by atoms with E-state index in [0.717, 1.165) is 51.6 Å². The van der Waals surface area contributed by atoms with Crippen LogP contribution in [0.25, 0.3) is 0 Å². The molecule has 2 aromatic rings. The molecule has 0 spiro atoms. The van der Waals surface area contributed by atoms with Crippen molar-refractivity contribution in [1.82, 2.24) is 19.9 Å². The zero-order chi connectivity index (χ0) is 16.4. The van der Waals surface area contributed by atoms with Crippen LogP contribution in [-0.2, 0) is 24.2 Å². The Kier molecular flexibility index (Phi) is 4.27. The fourth-order valence-corrected chi connectivity index (χ4v) is 3.26. The summed E-state index contributed by atoms with van der Waals surface area (Å²) in [7, 11) is 0. The average molecular weight is 326 g/mol. The highest BCUT2D eigenvalue weighted by Crippen LogP contribution is 2.22. The lowest BCUT2D eigenvalue weighted by Crippen LogP contribution is -2.37. The first-order valence-corrected chi connectivity index (χ1v) is 8.40. The van der Waals surface area contributed by atoms with Crippen molar-refractivity contribution in [3.63, 3.8) is 0 Å². The number of aromatic nitrogens is 3. The standard InChI is InChI=1S/C17H22N6O/c18-16-19-15(12-22-7-9-24-10-8-22)20-17(21-16)23-6-5-13-3-1-2-4-14(13)11-23/h1-4H,5-12H2,(H2,18,19,20,21). The molecular weight excluding hydrogens is 304 g/mol. The van der Waals surface area contributed by atoms with Crippen molar-refractivity contribution in [3.8, 4) is 0 Å². The summed E-state index contributed by atoms with van der Waals surface area (Å²) in [6, 6.07) is 8.53. The molecule has 4 rings (SSSR count). The molecule has 1 aromatic heterocycles. The minimum Gasteiger partial charge on any atom is -0.379 e. The van der Waals surface area contributed by atoms with E-state index in [1.165, 1.54) is 11.1 Å². The van der Waals surface area contributed by atoms with Gasteiger partial charge in [-0.25, -0.2) is 0 Å². The van der Waals surface area contributed by atoms with Crippen LogP contribution >= 0.6 is 0 Å². The van der Waals surface area contributed by atoms with E-state index < -0.39 is 0 Å². The molecule has 1 aromatic carbocycles. The molecule has 3 heterocycles. The van der Waals surface area contributed by atoms with E-state index in [0.29, 0.717) is 18.4 Å². The van der Waals surface area contributed by atoms with Gasteiger partial charge >= 0.3 is 0 Å². The fraction of sp³-hybridized carbons (Fsp3) is 0.471. The van der Waals surface area contributed by atoms with Gasteiger partial charge in [0.05, 0.1) is 19.8 Å². The Labute approximate surface area is 141 Å². The van der Waals surface area contributed by atoms with Crippen molar-refractivity contribution in [2.45, 2.75) is 19.5 Å². The van der Waals surface area contributed by atoms with E-state index >= 15 is 0 Å². The maximum absolute atomic E-state index is 5.93. The topological polar surface area (TPSA) is 80.4 Å². The molecule has 0 atom stereocenters. The summed E-state index contributed by atoms with van der Waals surface area (Å²) < 4.78 is 5.39. The van der Waals surface area contributed by atoms with Crippen molar-refractivity contribution < 1.29 is 4.74 Å². The van der Waals surface area contributed by atoms with Gasteiger partial charge in [0.15, 0.2) is 0 Å². The van der Waals surface area contributed by atoms with Crippen molar-refractivity contribution >= 4 is 11.9 Å². The number of nitrogens with two attached hydrogens (primary N) is 1. The summed E-state index contributed by atoms with van der Waals surface area (Å²) in [6.45, 7) is 5.73. The molecule has 0 saturated carbocycles. The molecule has 2 aliphatic rings. The molecule has 0 unspecified atom stereocenters. The van der Waals surface area contributed by atoms with E-state index in [2.05, 4.69) is 49.0 Å². The SMILES string of the molecule is Nc1nc(CN2CCOCC2)nc(N2CCc3ccccc3C2)n1. The predicted octanol–water partition coefficient (Wildman–Crippen LogP) is 0.849. The number of hydrogen-bond acceptors (Lipinski definition) is 7. The Morgan fingerprint density at radius 2 is 1.79 bits per heavy atom. The van der Waals surface area contributed by atoms with Crippen molar-refractivity contribution in [2.24, 2.45) is 0 Å². The summed E-state index contributed by atoms with van der Waals surface area (Å²) in [4.78, 5) is 17.8. The molecule has 0 bridgehead atoms. The minimum absolute atomic E-state index is 0.294. The van der Waals surface area contributed by atoms with Crippen LogP contribution in [0.2, 0.25) is 0 Å². The number of nitrogen functional groups attached to an aromatic ring is 1. The smallest absolute Gasteiger partial charge is 0.230 e. The van der Waals surface area contributed by atoms with Gasteiger partial charge in [0.25, 0.3) is 0 Å². The fourth-order valence-electron chi connectivity index (χ4n) is 3.26. The quantitative estimate of drug-likeness (QED) is 0.895. The summed E-state index contributed by atoms with van der Waals surface area (Å²) >= 11 is 0. The third-order valence-corrected chi connectivity index (χ3v) is 4.57. The van der Waals surface area contributed by atoms with Crippen LogP contribution in [0.15, 0.2) is 24.3 Å². The van der Waals surface area contributed by atoms with Gasteiger partial charge in [-0.05, 0) is 17.5 Å². The molecule has 1 fully saturated rings. The maximum Gasteiger partial charge on any atom is 0.230 e. The van der Waals surface area contributed by atoms with Gasteiger partial charge in [0, 0.05) is 26.2 Å². The molecule has 24 heavy (non-hydrogen) atoms. The summed E-state index contributed by atoms with van der Waals surface area (Å²) in [6.07, 6.45) is 1.00. The van der Waals surface area contributed by atoms with Crippen LogP contribution in [0.5, 0.6) is 0 Å². The van der Waals surface area contributed by atoms with Gasteiger partial charge in [-0.2, -0.15) is 15.0 Å². The Bertz CT molecular complexity index is 716. The van der Waals surface area contributed by atoms with Gasteiger partial charge in [-0.1, -0.05) is 24.3 Å². The number of anilines is 2. The van der Waals surface area contributed by atoms with E-state index in [9.17, 15) is 0 Å². The summed E-state index contributed by atoms with van der Waals surface area (Å²) in [5, 5.41) is 0. The number of hydrogen-bond donors (Lipinski definition) is 1. The second kappa shape index (κ2) is 6.70. The summed E-state index contributed by atoms with van der Waals surface area (Å²) in [5.41, 5.74) is 8.67. The molecule has 0 aliphatic carbocycles. The van der Waals surface area contributed by atoms with E-state index in [4.69, 9.17) is 10.5 Å². The molecule has 0 radical (unpaired) electrons. The highest BCUT2D eigenvalue weighted by molar-refractivity contribution is 5.41. The molecular formula is C17H22N6O. The van der Waals surface area contributed by atoms with Gasteiger partial charge < -0.3 is 15.4 Å². The monoisotopic (exact) mass is 326 g/mol. The zero-order valence-electron chi connectivity index (χ0n) is 13.7. The number of ether oxygens (including phenoxy) is 1. The Balaban J connectivity index is 1.53. The Morgan fingerprint density at radius 3 is 2.62 bits per heavy atom. The predicted molar refractivity (Wildman–Crippen MR) is 91.5 cm³/mol. The molecule has 2 N–H and O–H groups in total. The lowest BCUT2D eigenvalue weighted by Gasteiger charge is -2.29. The van der Waals surface area contributed by atoms with Gasteiger partial charge in [0.2, 0.25) is 11.9 Å². The minimum atomic E-state index is 0.294. The number of nitrogens with zero attached hydrogens (tertiary/aromatic N) is 5.